The molecule has 3 unspecified atom stereocenters. The lowest BCUT2D eigenvalue weighted by atomic mass is 11.6. The summed E-state index contributed by atoms with van der Waals surface area (Å²) in [6.45, 7) is 0. The first-order valence-electron chi connectivity index (χ1n) is 3.48. The van der Waals surface area contributed by atoms with E-state index in [4.69, 9.17) is 29.6 Å². The van der Waals surface area contributed by atoms with E-state index in [2.05, 4.69) is 12.9 Å². The normalized spacial score (nSPS) is 21.9. The van der Waals surface area contributed by atoms with Crippen molar-refractivity contribution in [3.8, 4) is 0 Å². The zero-order valence-corrected chi connectivity index (χ0v) is 11.8. The average Bonchev–Trinajstić information content (AvgIpc) is 1.91. The van der Waals surface area contributed by atoms with Crippen molar-refractivity contribution < 1.29 is 65.6 Å². The van der Waals surface area contributed by atoms with Gasteiger partial charge in [-0.1, -0.05) is 0 Å². The van der Waals surface area contributed by atoms with Crippen molar-refractivity contribution in [3.05, 3.63) is 0 Å². The SMILES string of the molecule is O=C(O)P(=O)(O)OP(=O)(O)OP(=O)(O)OP(=O)(O)O. The first kappa shape index (κ1) is 19.1. The molecule has 0 spiro atoms. The van der Waals surface area contributed by atoms with Crippen molar-refractivity contribution in [1.29, 1.82) is 0 Å². The summed E-state index contributed by atoms with van der Waals surface area (Å²) in [6.07, 6.45) is 0. The number of carboxylic acid groups (broad SMARTS) is 1. The molecule has 114 valence electrons. The minimum absolute atomic E-state index is 2.59. The van der Waals surface area contributed by atoms with E-state index < -0.39 is 36.8 Å². The highest BCUT2D eigenvalue weighted by atomic mass is 31.3. The van der Waals surface area contributed by atoms with E-state index in [1.165, 1.54) is 0 Å². The third-order valence-corrected chi connectivity index (χ3v) is 6.39. The van der Waals surface area contributed by atoms with Gasteiger partial charge in [-0.3, -0.25) is 0 Å². The molecule has 0 aliphatic rings. The maximum Gasteiger partial charge on any atom is 0.490 e. The Balaban J connectivity index is 5.03. The molecule has 0 rings (SSSR count). The number of phosphoric acid groups is 3. The van der Waals surface area contributed by atoms with Crippen LogP contribution in [0.2, 0.25) is 0 Å². The van der Waals surface area contributed by atoms with Crippen LogP contribution in [0, 0.1) is 0 Å². The summed E-state index contributed by atoms with van der Waals surface area (Å²) in [5, 5.41) is 8.08. The van der Waals surface area contributed by atoms with E-state index in [1.807, 2.05) is 0 Å². The molecule has 0 aliphatic heterocycles. The summed E-state index contributed by atoms with van der Waals surface area (Å²) in [6, 6.07) is 0. The van der Waals surface area contributed by atoms with Crippen molar-refractivity contribution in [1.82, 2.24) is 0 Å². The van der Waals surface area contributed by atoms with E-state index in [9.17, 15) is 23.1 Å². The molecular formula is CH6O14P4. The van der Waals surface area contributed by atoms with Gasteiger partial charge in [0.2, 0.25) is 0 Å². The Hall–Kier alpha value is 0.0700. The van der Waals surface area contributed by atoms with Crippen LogP contribution >= 0.6 is 31.1 Å². The van der Waals surface area contributed by atoms with Gasteiger partial charge in [0.25, 0.3) is 0 Å². The second-order valence-electron chi connectivity index (χ2n) is 2.48. The molecule has 0 amide bonds. The number of carbonyl (C=O) groups is 1. The van der Waals surface area contributed by atoms with Crippen LogP contribution in [-0.4, -0.2) is 35.3 Å². The van der Waals surface area contributed by atoms with Gasteiger partial charge in [0.05, 0.1) is 0 Å². The van der Waals surface area contributed by atoms with Crippen LogP contribution in [0.1, 0.15) is 0 Å². The standard InChI is InChI=1S/CH6O14P4/c2-1(3)16(4,5)13-18(9,10)15-19(11,12)14-17(6,7)8/h(H,2,3)(H,4,5)(H,9,10)(H,11,12)(H2,6,7,8). The lowest BCUT2D eigenvalue weighted by Gasteiger charge is -2.16. The predicted octanol–water partition coefficient (Wildman–Crippen LogP) is 0.193. The van der Waals surface area contributed by atoms with Crippen LogP contribution < -0.4 is 0 Å². The topological polar surface area (TPSA) is 234 Å². The van der Waals surface area contributed by atoms with Gasteiger partial charge in [0.15, 0.2) is 0 Å². The second-order valence-corrected chi connectivity index (χ2v) is 8.71. The van der Waals surface area contributed by atoms with Gasteiger partial charge >= 0.3 is 36.8 Å². The van der Waals surface area contributed by atoms with Crippen LogP contribution in [-0.2, 0) is 31.2 Å². The van der Waals surface area contributed by atoms with Crippen LogP contribution in [0.3, 0.4) is 0 Å². The lowest BCUT2D eigenvalue weighted by Crippen LogP contribution is -2.00. The fraction of sp³-hybridized carbons (Fsp3) is 0. The number of hydrogen-bond donors (Lipinski definition) is 6. The molecule has 0 aromatic carbocycles. The molecule has 14 nitrogen and oxygen atoms in total. The van der Waals surface area contributed by atoms with E-state index in [-0.39, 0.29) is 0 Å². The summed E-state index contributed by atoms with van der Waals surface area (Å²) < 4.78 is 51.9. The molecule has 18 heteroatoms. The molecule has 0 aromatic rings. The van der Waals surface area contributed by atoms with Crippen molar-refractivity contribution in [3.63, 3.8) is 0 Å². The Bertz CT molecular complexity index is 536. The minimum Gasteiger partial charge on any atom is -0.472 e. The van der Waals surface area contributed by atoms with E-state index >= 15 is 0 Å². The number of rotatable bonds is 7. The summed E-state index contributed by atoms with van der Waals surface area (Å²) in [5.74, 6) is 0. The molecule has 0 heterocycles. The Morgan fingerprint density at radius 3 is 1.42 bits per heavy atom. The fourth-order valence-corrected chi connectivity index (χ4v) is 4.76. The summed E-state index contributed by atoms with van der Waals surface area (Å²) in [4.78, 5) is 52.2. The highest BCUT2D eigenvalue weighted by Crippen LogP contribution is 2.70. The van der Waals surface area contributed by atoms with Crippen LogP contribution in [0.25, 0.3) is 0 Å². The Kier molecular flexibility index (Phi) is 5.84. The van der Waals surface area contributed by atoms with Gasteiger partial charge in [0.1, 0.15) is 0 Å². The van der Waals surface area contributed by atoms with Gasteiger partial charge in [-0.15, -0.1) is 0 Å². The molecule has 19 heavy (non-hydrogen) atoms. The molecule has 6 N–H and O–H groups in total. The molecule has 0 fully saturated rings. The zero-order valence-electron chi connectivity index (χ0n) is 8.24. The van der Waals surface area contributed by atoms with Crippen LogP contribution in [0.15, 0.2) is 0 Å². The largest absolute Gasteiger partial charge is 0.490 e. The van der Waals surface area contributed by atoms with E-state index in [0.29, 0.717) is 0 Å². The summed E-state index contributed by atoms with van der Waals surface area (Å²) >= 11 is 0. The maximum atomic E-state index is 10.9. The first-order valence-corrected chi connectivity index (χ1v) is 9.58. The highest BCUT2D eigenvalue weighted by Gasteiger charge is 2.46. The lowest BCUT2D eigenvalue weighted by molar-refractivity contribution is 0.192. The quantitative estimate of drug-likeness (QED) is 0.330. The van der Waals surface area contributed by atoms with Gasteiger partial charge in [-0.25, -0.2) is 23.1 Å². The monoisotopic (exact) mass is 366 g/mol. The van der Waals surface area contributed by atoms with E-state index in [0.717, 1.165) is 0 Å². The smallest absolute Gasteiger partial charge is 0.472 e. The third-order valence-electron chi connectivity index (χ3n) is 0.871. The van der Waals surface area contributed by atoms with Crippen LogP contribution in [0.4, 0.5) is 4.79 Å². The van der Waals surface area contributed by atoms with Crippen molar-refractivity contribution in [2.24, 2.45) is 0 Å². The van der Waals surface area contributed by atoms with Gasteiger partial charge in [-0.05, 0) is 0 Å². The average molecular weight is 366 g/mol. The van der Waals surface area contributed by atoms with Gasteiger partial charge in [0, 0.05) is 0 Å². The predicted molar refractivity (Wildman–Crippen MR) is 52.8 cm³/mol. The highest BCUT2D eigenvalue weighted by molar-refractivity contribution is 7.77. The molecule has 0 saturated heterocycles. The third kappa shape index (κ3) is 8.05. The van der Waals surface area contributed by atoms with E-state index in [1.54, 1.807) is 0 Å². The molecule has 0 bridgehead atoms. The van der Waals surface area contributed by atoms with Crippen molar-refractivity contribution >= 4 is 36.8 Å². The fourth-order valence-electron chi connectivity index (χ4n) is 0.469. The zero-order chi connectivity index (χ0) is 15.7. The summed E-state index contributed by atoms with van der Waals surface area (Å²) in [5.41, 5.74) is -2.59. The first-order chi connectivity index (χ1) is 8.06. The van der Waals surface area contributed by atoms with Crippen molar-refractivity contribution in [2.75, 3.05) is 0 Å². The molecule has 0 aliphatic carbocycles. The molecule has 3 atom stereocenters. The van der Waals surface area contributed by atoms with Gasteiger partial charge < -0.3 is 29.6 Å². The molecular weight excluding hydrogens is 360 g/mol. The summed E-state index contributed by atoms with van der Waals surface area (Å²) in [7, 11) is -23.2. The van der Waals surface area contributed by atoms with Crippen molar-refractivity contribution in [2.45, 2.75) is 0 Å². The molecule has 0 radical (unpaired) electrons. The molecule has 0 aromatic heterocycles. The maximum absolute atomic E-state index is 10.9. The Morgan fingerprint density at radius 2 is 1.11 bits per heavy atom. The number of hydrogen-bond acceptors (Lipinski definition) is 8. The molecule has 0 saturated carbocycles. The Morgan fingerprint density at radius 1 is 0.737 bits per heavy atom. The van der Waals surface area contributed by atoms with Gasteiger partial charge in [-0.2, -0.15) is 12.9 Å². The van der Waals surface area contributed by atoms with Crippen LogP contribution in [0.5, 0.6) is 0 Å². The Labute approximate surface area is 103 Å². The minimum atomic E-state index is -5.95. The second kappa shape index (κ2) is 5.82.